The molecule has 1 aromatic carbocycles. The van der Waals surface area contributed by atoms with E-state index in [1.54, 1.807) is 13.0 Å². The topological polar surface area (TPSA) is 43.7 Å². The van der Waals surface area contributed by atoms with Gasteiger partial charge in [-0.1, -0.05) is 58.4 Å². The van der Waals surface area contributed by atoms with Gasteiger partial charge in [-0.25, -0.2) is 4.39 Å². The van der Waals surface area contributed by atoms with E-state index in [0.717, 1.165) is 75.6 Å². The molecule has 1 aromatic rings. The van der Waals surface area contributed by atoms with Crippen LogP contribution in [0.5, 0.6) is 5.75 Å². The van der Waals surface area contributed by atoms with Crippen molar-refractivity contribution in [3.63, 3.8) is 0 Å². The average molecular weight is 622 g/mol. The first-order valence-corrected chi connectivity index (χ1v) is 16.4. The molecular formula is C34H53F6NO2. The fourth-order valence-electron chi connectivity index (χ4n) is 8.16. The Bertz CT molecular complexity index is 1000. The summed E-state index contributed by atoms with van der Waals surface area (Å²) in [5.74, 6) is -3.94. The minimum atomic E-state index is -5.46. The summed E-state index contributed by atoms with van der Waals surface area (Å²) in [5.41, 5.74) is 1.61. The van der Waals surface area contributed by atoms with Gasteiger partial charge in [0.05, 0.1) is 6.10 Å². The molecule has 7 atom stereocenters. The van der Waals surface area contributed by atoms with Gasteiger partial charge in [-0.2, -0.15) is 22.0 Å². The Morgan fingerprint density at radius 2 is 1.58 bits per heavy atom. The highest BCUT2D eigenvalue weighted by atomic mass is 19.4. The molecule has 0 heterocycles. The largest absolute Gasteiger partial charge is 0.508 e. The van der Waals surface area contributed by atoms with Crippen LogP contribution < -0.4 is 0 Å². The summed E-state index contributed by atoms with van der Waals surface area (Å²) in [5, 5.41) is 20.9. The lowest BCUT2D eigenvalue weighted by molar-refractivity contribution is -0.284. The predicted octanol–water partition coefficient (Wildman–Crippen LogP) is 9.45. The number of phenolic OH excluding ortho intramolecular Hbond substituents is 1. The first-order chi connectivity index (χ1) is 20.1. The number of rotatable bonds is 16. The Morgan fingerprint density at radius 1 is 0.977 bits per heavy atom. The third kappa shape index (κ3) is 8.83. The smallest absolute Gasteiger partial charge is 0.453 e. The minimum absolute atomic E-state index is 0.124. The van der Waals surface area contributed by atoms with E-state index in [1.165, 1.54) is 0 Å². The summed E-state index contributed by atoms with van der Waals surface area (Å²) >= 11 is 0. The van der Waals surface area contributed by atoms with Crippen LogP contribution in [0, 0.1) is 23.2 Å². The monoisotopic (exact) mass is 621 g/mol. The van der Waals surface area contributed by atoms with E-state index in [0.29, 0.717) is 19.3 Å². The zero-order chi connectivity index (χ0) is 32.0. The van der Waals surface area contributed by atoms with E-state index in [1.807, 2.05) is 19.2 Å². The van der Waals surface area contributed by atoms with Gasteiger partial charge in [-0.3, -0.25) is 0 Å². The second-order valence-corrected chi connectivity index (χ2v) is 13.7. The maximum absolute atomic E-state index is 16.0. The van der Waals surface area contributed by atoms with E-state index in [2.05, 4.69) is 18.7 Å². The molecule has 0 amide bonds. The maximum Gasteiger partial charge on any atom is 0.453 e. The molecule has 3 rings (SSSR count). The van der Waals surface area contributed by atoms with E-state index in [9.17, 15) is 32.2 Å². The van der Waals surface area contributed by atoms with Crippen LogP contribution in [0.1, 0.15) is 115 Å². The van der Waals surface area contributed by atoms with Crippen LogP contribution in [0.3, 0.4) is 0 Å². The summed E-state index contributed by atoms with van der Waals surface area (Å²) in [6.07, 6.45) is 0.496. The molecule has 1 saturated carbocycles. The predicted molar refractivity (Wildman–Crippen MR) is 159 cm³/mol. The van der Waals surface area contributed by atoms with Crippen LogP contribution in [0.2, 0.25) is 0 Å². The molecule has 0 aliphatic heterocycles. The third-order valence-corrected chi connectivity index (χ3v) is 10.7. The number of benzene rings is 1. The molecule has 0 aromatic heterocycles. The Labute approximate surface area is 254 Å². The number of aliphatic hydroxyl groups is 1. The Kier molecular flexibility index (Phi) is 12.7. The summed E-state index contributed by atoms with van der Waals surface area (Å²) in [4.78, 5) is 2.24. The van der Waals surface area contributed by atoms with Crippen molar-refractivity contribution in [3.8, 4) is 5.75 Å². The van der Waals surface area contributed by atoms with E-state index >= 15 is 4.39 Å². The summed E-state index contributed by atoms with van der Waals surface area (Å²) < 4.78 is 78.7. The van der Waals surface area contributed by atoms with Gasteiger partial charge in [-0.15, -0.1) is 0 Å². The molecule has 0 radical (unpaired) electrons. The number of fused-ring (bicyclic) bond motifs is 3. The van der Waals surface area contributed by atoms with Gasteiger partial charge >= 0.3 is 12.1 Å². The van der Waals surface area contributed by atoms with Crippen LogP contribution in [0.4, 0.5) is 26.3 Å². The third-order valence-electron chi connectivity index (χ3n) is 10.7. The van der Waals surface area contributed by atoms with Crippen molar-refractivity contribution in [2.24, 2.45) is 23.2 Å². The molecule has 0 spiro atoms. The molecule has 7 unspecified atom stereocenters. The molecule has 9 heteroatoms. The van der Waals surface area contributed by atoms with Gasteiger partial charge in [-0.05, 0) is 112 Å². The van der Waals surface area contributed by atoms with E-state index < -0.39 is 36.2 Å². The molecule has 248 valence electrons. The van der Waals surface area contributed by atoms with Gasteiger partial charge in [0.25, 0.3) is 0 Å². The lowest BCUT2D eigenvalue weighted by atomic mass is 9.49. The lowest BCUT2D eigenvalue weighted by Gasteiger charge is -2.57. The van der Waals surface area contributed by atoms with Crippen molar-refractivity contribution in [1.29, 1.82) is 0 Å². The number of halogens is 6. The molecule has 0 bridgehead atoms. The summed E-state index contributed by atoms with van der Waals surface area (Å²) in [6, 6.07) is 5.38. The highest BCUT2D eigenvalue weighted by molar-refractivity contribution is 5.41. The highest BCUT2D eigenvalue weighted by Gasteiger charge is 2.57. The van der Waals surface area contributed by atoms with Crippen molar-refractivity contribution in [2.75, 3.05) is 20.1 Å². The Morgan fingerprint density at radius 3 is 2.19 bits per heavy atom. The molecule has 2 aliphatic carbocycles. The molecule has 3 nitrogen and oxygen atoms in total. The number of nitrogens with zero attached hydrogens (tertiary/aromatic N) is 1. The van der Waals surface area contributed by atoms with Crippen molar-refractivity contribution in [2.45, 2.75) is 135 Å². The standard InChI is InChI=1S/C34H53F6NO2/c1-5-28-30-24(20-25-21-26(43)15-16-27(25)31(30)29(35)22-32(28,3)23(2)42)14-10-9-13-19-41(4)18-12-8-6-7-11-17-33(36,37)34(38,39)40/h15-16,21,23-24,28-31,42-43H,5-14,17-20,22H2,1-4H3. The highest BCUT2D eigenvalue weighted by Crippen LogP contribution is 2.60. The minimum Gasteiger partial charge on any atom is -0.508 e. The van der Waals surface area contributed by atoms with E-state index in [-0.39, 0.29) is 35.8 Å². The summed E-state index contributed by atoms with van der Waals surface area (Å²) in [7, 11) is 2.05. The first-order valence-electron chi connectivity index (χ1n) is 16.4. The summed E-state index contributed by atoms with van der Waals surface area (Å²) in [6.45, 7) is 7.80. The normalized spacial score (nSPS) is 28.5. The second kappa shape index (κ2) is 15.2. The van der Waals surface area contributed by atoms with Crippen LogP contribution in [-0.4, -0.2) is 59.6 Å². The number of phenols is 1. The number of unbranched alkanes of at least 4 members (excludes halogenated alkanes) is 6. The fraction of sp³-hybridized carbons (Fsp3) is 0.824. The van der Waals surface area contributed by atoms with Crippen LogP contribution in [-0.2, 0) is 6.42 Å². The lowest BCUT2D eigenvalue weighted by Crippen LogP contribution is -2.54. The van der Waals surface area contributed by atoms with Gasteiger partial charge in [0.2, 0.25) is 0 Å². The molecule has 1 fully saturated rings. The van der Waals surface area contributed by atoms with Crippen LogP contribution >= 0.6 is 0 Å². The fourth-order valence-corrected chi connectivity index (χ4v) is 8.16. The number of aliphatic hydroxyl groups excluding tert-OH is 1. The van der Waals surface area contributed by atoms with Gasteiger partial charge in [0, 0.05) is 12.3 Å². The zero-order valence-corrected chi connectivity index (χ0v) is 26.4. The van der Waals surface area contributed by atoms with Crippen molar-refractivity contribution in [3.05, 3.63) is 29.3 Å². The SMILES string of the molecule is CCC1C2C(CCCCCN(C)CCCCCCCC(F)(F)C(F)(F)F)Cc3cc(O)ccc3C2C(F)CC1(C)C(C)O. The average Bonchev–Trinajstić information content (AvgIpc) is 2.91. The molecule has 2 aliphatic rings. The van der Waals surface area contributed by atoms with Crippen LogP contribution in [0.25, 0.3) is 0 Å². The van der Waals surface area contributed by atoms with Crippen molar-refractivity contribution >= 4 is 0 Å². The number of hydrogen-bond acceptors (Lipinski definition) is 3. The number of hydrogen-bond donors (Lipinski definition) is 2. The van der Waals surface area contributed by atoms with Crippen LogP contribution in [0.15, 0.2) is 18.2 Å². The number of alkyl halides is 6. The molecule has 0 saturated heterocycles. The first kappa shape index (κ1) is 36.0. The van der Waals surface area contributed by atoms with Gasteiger partial charge in [0.1, 0.15) is 11.9 Å². The molecule has 2 N–H and O–H groups in total. The maximum atomic E-state index is 16.0. The van der Waals surface area contributed by atoms with Gasteiger partial charge < -0.3 is 15.1 Å². The van der Waals surface area contributed by atoms with Crippen molar-refractivity contribution < 1.29 is 36.6 Å². The van der Waals surface area contributed by atoms with Gasteiger partial charge in [0.15, 0.2) is 0 Å². The molecule has 43 heavy (non-hydrogen) atoms. The van der Waals surface area contributed by atoms with E-state index in [4.69, 9.17) is 0 Å². The quantitative estimate of drug-likeness (QED) is 0.143. The second-order valence-electron chi connectivity index (χ2n) is 13.7. The number of aromatic hydroxyl groups is 1. The Hall–Kier alpha value is -1.48. The van der Waals surface area contributed by atoms with Crippen molar-refractivity contribution in [1.82, 2.24) is 4.90 Å². The molecular weight excluding hydrogens is 568 g/mol. The Balaban J connectivity index is 1.45. The zero-order valence-electron chi connectivity index (χ0n) is 26.4.